The second-order valence-corrected chi connectivity index (χ2v) is 6.65. The van der Waals surface area contributed by atoms with Gasteiger partial charge in [-0.25, -0.2) is 4.39 Å². The van der Waals surface area contributed by atoms with Crippen molar-refractivity contribution < 1.29 is 27.1 Å². The van der Waals surface area contributed by atoms with Gasteiger partial charge in [0.1, 0.15) is 18.1 Å². The minimum atomic E-state index is -4.64. The third-order valence-electron chi connectivity index (χ3n) is 4.15. The van der Waals surface area contributed by atoms with Gasteiger partial charge in [0, 0.05) is 6.07 Å². The van der Waals surface area contributed by atoms with Crippen molar-refractivity contribution in [3.63, 3.8) is 0 Å². The Bertz CT molecular complexity index is 902. The molecular formula is C18H15ClF4N2O2. The molecule has 2 N–H and O–H groups in total. The number of alkyl halides is 3. The normalized spacial score (nSPS) is 17.1. The highest BCUT2D eigenvalue weighted by Gasteiger charge is 2.40. The monoisotopic (exact) mass is 402 g/mol. The lowest BCUT2D eigenvalue weighted by molar-refractivity contribution is -0.133. The van der Waals surface area contributed by atoms with E-state index in [0.717, 1.165) is 12.1 Å². The quantitative estimate of drug-likeness (QED) is 0.776. The Labute approximate surface area is 157 Å². The molecule has 0 saturated carbocycles. The molecule has 0 saturated heterocycles. The van der Waals surface area contributed by atoms with Crippen LogP contribution in [0.2, 0.25) is 5.02 Å². The number of rotatable bonds is 3. The Hall–Kier alpha value is -2.32. The fourth-order valence-corrected chi connectivity index (χ4v) is 3.09. The highest BCUT2D eigenvalue weighted by Crippen LogP contribution is 2.43. The van der Waals surface area contributed by atoms with E-state index >= 15 is 0 Å². The molecule has 1 aliphatic heterocycles. The Kier molecular flexibility index (Phi) is 5.05. The van der Waals surface area contributed by atoms with E-state index in [-0.39, 0.29) is 28.6 Å². The summed E-state index contributed by atoms with van der Waals surface area (Å²) in [6.07, 6.45) is -4.57. The number of ether oxygens (including phenoxy) is 1. The molecule has 1 aliphatic rings. The summed E-state index contributed by atoms with van der Waals surface area (Å²) in [6, 6.07) is 5.56. The number of anilines is 1. The van der Waals surface area contributed by atoms with Crippen molar-refractivity contribution in [2.45, 2.75) is 25.6 Å². The largest absolute Gasteiger partial charge is 0.453 e. The molecule has 0 fully saturated rings. The summed E-state index contributed by atoms with van der Waals surface area (Å²) in [5, 5.41) is 0.0783. The van der Waals surface area contributed by atoms with E-state index in [4.69, 9.17) is 22.1 Å². The standard InChI is InChI=1S/C18H15ClF4N2O2/c1-9-2-3-10-6-13(24)17(26)25(8-18(21,22)23)15(10)16(9)27-14-7-11(20)4-5-12(14)19/h2-5,7,13H,6,8,24H2,1H3/t13-/m1/s1. The van der Waals surface area contributed by atoms with Gasteiger partial charge in [-0.3, -0.25) is 9.69 Å². The number of nitrogens with two attached hydrogens (primary N) is 1. The second-order valence-electron chi connectivity index (χ2n) is 6.25. The van der Waals surface area contributed by atoms with E-state index < -0.39 is 30.5 Å². The first kappa shape index (κ1) is 19.4. The first-order chi connectivity index (χ1) is 12.6. The van der Waals surface area contributed by atoms with Crippen LogP contribution in [0.5, 0.6) is 11.5 Å². The van der Waals surface area contributed by atoms with Crippen LogP contribution in [0.25, 0.3) is 0 Å². The molecule has 4 nitrogen and oxygen atoms in total. The molecule has 9 heteroatoms. The SMILES string of the molecule is Cc1ccc2c(c1Oc1cc(F)ccc1Cl)N(CC(F)(F)F)C(=O)[C@H](N)C2. The summed E-state index contributed by atoms with van der Waals surface area (Å²) in [6.45, 7) is 0.0941. The van der Waals surface area contributed by atoms with Crippen LogP contribution in [0.1, 0.15) is 11.1 Å². The first-order valence-electron chi connectivity index (χ1n) is 7.96. The van der Waals surface area contributed by atoms with E-state index in [9.17, 15) is 22.4 Å². The molecule has 0 spiro atoms. The van der Waals surface area contributed by atoms with Gasteiger partial charge in [-0.15, -0.1) is 0 Å². The number of fused-ring (bicyclic) bond motifs is 1. The maximum absolute atomic E-state index is 13.5. The molecule has 3 rings (SSSR count). The van der Waals surface area contributed by atoms with Crippen LogP contribution in [0.3, 0.4) is 0 Å². The van der Waals surface area contributed by atoms with E-state index in [2.05, 4.69) is 0 Å². The summed E-state index contributed by atoms with van der Waals surface area (Å²) >= 11 is 6.00. The lowest BCUT2D eigenvalue weighted by atomic mass is 9.95. The van der Waals surface area contributed by atoms with E-state index in [1.807, 2.05) is 0 Å². The van der Waals surface area contributed by atoms with Gasteiger partial charge < -0.3 is 10.5 Å². The number of nitrogens with zero attached hydrogens (tertiary/aromatic N) is 1. The van der Waals surface area contributed by atoms with E-state index in [1.165, 1.54) is 6.07 Å². The zero-order chi connectivity index (χ0) is 19.9. The van der Waals surface area contributed by atoms with Crippen LogP contribution >= 0.6 is 11.6 Å². The Morgan fingerprint density at radius 1 is 1.30 bits per heavy atom. The first-order valence-corrected chi connectivity index (χ1v) is 8.33. The molecule has 0 aromatic heterocycles. The maximum atomic E-state index is 13.5. The van der Waals surface area contributed by atoms with Gasteiger partial charge in [0.15, 0.2) is 5.75 Å². The molecule has 2 aromatic carbocycles. The molecule has 1 atom stereocenters. The molecule has 27 heavy (non-hydrogen) atoms. The molecule has 0 unspecified atom stereocenters. The predicted octanol–water partition coefficient (Wildman–Crippen LogP) is 4.36. The lowest BCUT2D eigenvalue weighted by Crippen LogP contribution is -2.52. The zero-order valence-corrected chi connectivity index (χ0v) is 14.9. The molecule has 0 bridgehead atoms. The van der Waals surface area contributed by atoms with E-state index in [0.29, 0.717) is 16.0 Å². The molecule has 0 radical (unpaired) electrons. The summed E-state index contributed by atoms with van der Waals surface area (Å²) in [4.78, 5) is 12.9. The minimum Gasteiger partial charge on any atom is -0.453 e. The van der Waals surface area contributed by atoms with Crippen molar-refractivity contribution in [3.05, 3.63) is 52.3 Å². The van der Waals surface area contributed by atoms with Gasteiger partial charge in [0.05, 0.1) is 16.8 Å². The number of benzene rings is 2. The predicted molar refractivity (Wildman–Crippen MR) is 92.8 cm³/mol. The number of amides is 1. The van der Waals surface area contributed by atoms with Crippen molar-refractivity contribution in [2.75, 3.05) is 11.4 Å². The van der Waals surface area contributed by atoms with Crippen LogP contribution in [-0.2, 0) is 11.2 Å². The van der Waals surface area contributed by atoms with Crippen LogP contribution in [0.4, 0.5) is 23.2 Å². The van der Waals surface area contributed by atoms with Crippen molar-refractivity contribution in [1.82, 2.24) is 0 Å². The highest BCUT2D eigenvalue weighted by atomic mass is 35.5. The number of hydrogen-bond acceptors (Lipinski definition) is 3. The van der Waals surface area contributed by atoms with Gasteiger partial charge >= 0.3 is 6.18 Å². The maximum Gasteiger partial charge on any atom is 0.406 e. The van der Waals surface area contributed by atoms with Crippen LogP contribution in [-0.4, -0.2) is 24.7 Å². The number of carbonyl (C=O) groups is 1. The van der Waals surface area contributed by atoms with Crippen molar-refractivity contribution in [1.29, 1.82) is 0 Å². The fraction of sp³-hybridized carbons (Fsp3) is 0.278. The van der Waals surface area contributed by atoms with Crippen LogP contribution in [0, 0.1) is 12.7 Å². The highest BCUT2D eigenvalue weighted by molar-refractivity contribution is 6.32. The number of carbonyl (C=O) groups excluding carboxylic acids is 1. The van der Waals surface area contributed by atoms with E-state index in [1.54, 1.807) is 19.1 Å². The molecule has 0 aliphatic carbocycles. The Morgan fingerprint density at radius 3 is 2.67 bits per heavy atom. The van der Waals surface area contributed by atoms with Crippen molar-refractivity contribution in [2.24, 2.45) is 5.73 Å². The summed E-state index contributed by atoms with van der Waals surface area (Å²) < 4.78 is 58.4. The van der Waals surface area contributed by atoms with Crippen molar-refractivity contribution in [3.8, 4) is 11.5 Å². The average molecular weight is 403 g/mol. The molecule has 1 amide bonds. The summed E-state index contributed by atoms with van der Waals surface area (Å²) in [5.41, 5.74) is 6.58. The van der Waals surface area contributed by atoms with Gasteiger partial charge in [0.2, 0.25) is 5.91 Å². The van der Waals surface area contributed by atoms with Gasteiger partial charge in [-0.1, -0.05) is 23.7 Å². The zero-order valence-electron chi connectivity index (χ0n) is 14.1. The Morgan fingerprint density at radius 2 is 2.00 bits per heavy atom. The molecule has 2 aromatic rings. The van der Waals surface area contributed by atoms with Crippen molar-refractivity contribution >= 4 is 23.2 Å². The van der Waals surface area contributed by atoms with Gasteiger partial charge in [-0.2, -0.15) is 13.2 Å². The van der Waals surface area contributed by atoms with Gasteiger partial charge in [0.25, 0.3) is 0 Å². The second kappa shape index (κ2) is 7.01. The average Bonchev–Trinajstić information content (AvgIpc) is 2.56. The van der Waals surface area contributed by atoms with Crippen LogP contribution < -0.4 is 15.4 Å². The smallest absolute Gasteiger partial charge is 0.406 e. The number of halogens is 5. The lowest BCUT2D eigenvalue weighted by Gasteiger charge is -2.35. The fourth-order valence-electron chi connectivity index (χ4n) is 2.94. The number of aryl methyl sites for hydroxylation is 1. The Balaban J connectivity index is 2.14. The van der Waals surface area contributed by atoms with Gasteiger partial charge in [-0.05, 0) is 36.6 Å². The molecule has 144 valence electrons. The molecule has 1 heterocycles. The number of hydrogen-bond donors (Lipinski definition) is 1. The minimum absolute atomic E-state index is 0.00417. The summed E-state index contributed by atoms with van der Waals surface area (Å²) in [7, 11) is 0. The third kappa shape index (κ3) is 4.01. The topological polar surface area (TPSA) is 55.6 Å². The third-order valence-corrected chi connectivity index (χ3v) is 4.46. The van der Waals surface area contributed by atoms with Crippen LogP contribution in [0.15, 0.2) is 30.3 Å². The molecular weight excluding hydrogens is 388 g/mol. The summed E-state index contributed by atoms with van der Waals surface area (Å²) in [5.74, 6) is -1.55.